The van der Waals surface area contributed by atoms with E-state index in [4.69, 9.17) is 4.52 Å². The number of benzene rings is 1. The summed E-state index contributed by atoms with van der Waals surface area (Å²) in [5.41, 5.74) is 0.950. The van der Waals surface area contributed by atoms with Crippen molar-refractivity contribution >= 4 is 0 Å². The molecule has 0 spiro atoms. The number of aromatic nitrogens is 2. The standard InChI is InChI=1S/C16H22N4O/c1-16(2,13-6-4-3-5-7-13)15-18-14(21-19-15)12-20-10-8-17-9-11-20/h3-7,17H,8-12H2,1-2H3. The molecule has 0 radical (unpaired) electrons. The third kappa shape index (κ3) is 3.14. The average molecular weight is 286 g/mol. The average Bonchev–Trinajstić information content (AvgIpc) is 2.98. The highest BCUT2D eigenvalue weighted by molar-refractivity contribution is 5.30. The molecular weight excluding hydrogens is 264 g/mol. The lowest BCUT2D eigenvalue weighted by Gasteiger charge is -2.25. The lowest BCUT2D eigenvalue weighted by molar-refractivity contribution is 0.203. The van der Waals surface area contributed by atoms with E-state index in [0.29, 0.717) is 5.89 Å². The Balaban J connectivity index is 1.74. The summed E-state index contributed by atoms with van der Waals surface area (Å²) in [5.74, 6) is 1.45. The maximum atomic E-state index is 5.45. The van der Waals surface area contributed by atoms with E-state index in [-0.39, 0.29) is 5.41 Å². The zero-order valence-electron chi connectivity index (χ0n) is 12.7. The van der Waals surface area contributed by atoms with Crippen molar-refractivity contribution < 1.29 is 4.52 Å². The summed E-state index contributed by atoms with van der Waals surface area (Å²) >= 11 is 0. The van der Waals surface area contributed by atoms with Gasteiger partial charge in [-0.25, -0.2) is 0 Å². The van der Waals surface area contributed by atoms with Crippen LogP contribution < -0.4 is 5.32 Å². The summed E-state index contributed by atoms with van der Waals surface area (Å²) in [6.45, 7) is 9.09. The summed E-state index contributed by atoms with van der Waals surface area (Å²) in [6, 6.07) is 10.3. The van der Waals surface area contributed by atoms with Crippen LogP contribution in [0, 0.1) is 0 Å². The minimum atomic E-state index is -0.244. The molecule has 0 aliphatic carbocycles. The normalized spacial score (nSPS) is 17.0. The molecule has 1 aromatic heterocycles. The van der Waals surface area contributed by atoms with Crippen molar-refractivity contribution in [3.05, 3.63) is 47.6 Å². The predicted octanol–water partition coefficient (Wildman–Crippen LogP) is 1.80. The topological polar surface area (TPSA) is 54.2 Å². The van der Waals surface area contributed by atoms with E-state index in [9.17, 15) is 0 Å². The largest absolute Gasteiger partial charge is 0.338 e. The number of piperazine rings is 1. The van der Waals surface area contributed by atoms with Crippen LogP contribution in [0.3, 0.4) is 0 Å². The highest BCUT2D eigenvalue weighted by Crippen LogP contribution is 2.29. The van der Waals surface area contributed by atoms with Crippen molar-refractivity contribution in [3.8, 4) is 0 Å². The number of nitrogens with one attached hydrogen (secondary N) is 1. The molecule has 1 aliphatic heterocycles. The Bertz CT molecular complexity index is 573. The highest BCUT2D eigenvalue weighted by atomic mass is 16.5. The fourth-order valence-electron chi connectivity index (χ4n) is 2.62. The van der Waals surface area contributed by atoms with Crippen LogP contribution in [0.25, 0.3) is 0 Å². The smallest absolute Gasteiger partial charge is 0.240 e. The van der Waals surface area contributed by atoms with Crippen molar-refractivity contribution in [3.63, 3.8) is 0 Å². The summed E-state index contributed by atoms with van der Waals surface area (Å²) in [4.78, 5) is 6.95. The highest BCUT2D eigenvalue weighted by Gasteiger charge is 2.29. The minimum Gasteiger partial charge on any atom is -0.338 e. The van der Waals surface area contributed by atoms with Crippen LogP contribution in [0.4, 0.5) is 0 Å². The Labute approximate surface area is 125 Å². The molecule has 2 heterocycles. The maximum absolute atomic E-state index is 5.45. The summed E-state index contributed by atoms with van der Waals surface area (Å²) in [7, 11) is 0. The van der Waals surface area contributed by atoms with Crippen molar-refractivity contribution in [1.82, 2.24) is 20.4 Å². The van der Waals surface area contributed by atoms with Gasteiger partial charge in [0.05, 0.1) is 12.0 Å². The van der Waals surface area contributed by atoms with E-state index in [0.717, 1.165) is 38.5 Å². The number of hydrogen-bond donors (Lipinski definition) is 1. The molecule has 3 rings (SSSR count). The van der Waals surface area contributed by atoms with Gasteiger partial charge in [0.25, 0.3) is 0 Å². The van der Waals surface area contributed by atoms with Crippen LogP contribution >= 0.6 is 0 Å². The van der Waals surface area contributed by atoms with E-state index >= 15 is 0 Å². The Hall–Kier alpha value is -1.72. The van der Waals surface area contributed by atoms with Gasteiger partial charge in [0.2, 0.25) is 5.89 Å². The van der Waals surface area contributed by atoms with Gasteiger partial charge in [0.1, 0.15) is 0 Å². The van der Waals surface area contributed by atoms with Gasteiger partial charge in [-0.1, -0.05) is 35.5 Å². The van der Waals surface area contributed by atoms with Crippen molar-refractivity contribution in [2.24, 2.45) is 0 Å². The fraction of sp³-hybridized carbons (Fsp3) is 0.500. The predicted molar refractivity (Wildman–Crippen MR) is 81.0 cm³/mol. The molecule has 1 N–H and O–H groups in total. The number of nitrogens with zero attached hydrogens (tertiary/aromatic N) is 3. The molecule has 0 atom stereocenters. The first-order chi connectivity index (χ1) is 10.2. The molecule has 1 aliphatic rings. The Kier molecular flexibility index (Phi) is 4.03. The van der Waals surface area contributed by atoms with Crippen molar-refractivity contribution in [1.29, 1.82) is 0 Å². The van der Waals surface area contributed by atoms with Gasteiger partial charge >= 0.3 is 0 Å². The molecular formula is C16H22N4O. The first-order valence-corrected chi connectivity index (χ1v) is 7.48. The molecule has 0 unspecified atom stereocenters. The van der Waals surface area contributed by atoms with Gasteiger partial charge in [0.15, 0.2) is 5.82 Å². The number of rotatable bonds is 4. The van der Waals surface area contributed by atoms with E-state index in [2.05, 4.69) is 46.3 Å². The molecule has 1 saturated heterocycles. The Morgan fingerprint density at radius 3 is 2.62 bits per heavy atom. The molecule has 5 nitrogen and oxygen atoms in total. The quantitative estimate of drug-likeness (QED) is 0.929. The second-order valence-corrected chi connectivity index (χ2v) is 6.03. The maximum Gasteiger partial charge on any atom is 0.240 e. The van der Waals surface area contributed by atoms with Crippen LogP contribution in [-0.2, 0) is 12.0 Å². The Morgan fingerprint density at radius 2 is 1.90 bits per heavy atom. The van der Waals surface area contributed by atoms with E-state index in [1.54, 1.807) is 0 Å². The fourth-order valence-corrected chi connectivity index (χ4v) is 2.62. The molecule has 2 aromatic rings. The summed E-state index contributed by atoms with van der Waals surface area (Å²) in [5, 5.41) is 7.54. The first kappa shape index (κ1) is 14.2. The zero-order valence-corrected chi connectivity index (χ0v) is 12.7. The molecule has 0 amide bonds. The second kappa shape index (κ2) is 5.95. The first-order valence-electron chi connectivity index (χ1n) is 7.48. The van der Waals surface area contributed by atoms with E-state index < -0.39 is 0 Å². The summed E-state index contributed by atoms with van der Waals surface area (Å²) in [6.07, 6.45) is 0. The van der Waals surface area contributed by atoms with Crippen LogP contribution in [0.2, 0.25) is 0 Å². The Morgan fingerprint density at radius 1 is 1.19 bits per heavy atom. The van der Waals surface area contributed by atoms with Crippen LogP contribution in [0.5, 0.6) is 0 Å². The summed E-state index contributed by atoms with van der Waals surface area (Å²) < 4.78 is 5.45. The molecule has 0 saturated carbocycles. The number of hydrogen-bond acceptors (Lipinski definition) is 5. The second-order valence-electron chi connectivity index (χ2n) is 6.03. The minimum absolute atomic E-state index is 0.244. The van der Waals surface area contributed by atoms with Gasteiger partial charge in [-0.3, -0.25) is 4.90 Å². The van der Waals surface area contributed by atoms with Gasteiger partial charge in [-0.2, -0.15) is 4.98 Å². The van der Waals surface area contributed by atoms with Crippen LogP contribution in [0.15, 0.2) is 34.9 Å². The molecule has 1 aromatic carbocycles. The molecule has 1 fully saturated rings. The lowest BCUT2D eigenvalue weighted by Crippen LogP contribution is -2.42. The third-order valence-corrected chi connectivity index (χ3v) is 4.09. The van der Waals surface area contributed by atoms with Crippen LogP contribution in [-0.4, -0.2) is 41.2 Å². The van der Waals surface area contributed by atoms with Crippen molar-refractivity contribution in [2.75, 3.05) is 26.2 Å². The van der Waals surface area contributed by atoms with Gasteiger partial charge in [-0.05, 0) is 19.4 Å². The SMILES string of the molecule is CC(C)(c1ccccc1)c1noc(CN2CCNCC2)n1. The van der Waals surface area contributed by atoms with E-state index in [1.165, 1.54) is 5.56 Å². The lowest BCUT2D eigenvalue weighted by atomic mass is 9.84. The van der Waals surface area contributed by atoms with Crippen LogP contribution in [0.1, 0.15) is 31.1 Å². The zero-order chi connectivity index (χ0) is 14.7. The van der Waals surface area contributed by atoms with Gasteiger partial charge < -0.3 is 9.84 Å². The van der Waals surface area contributed by atoms with E-state index in [1.807, 2.05) is 18.2 Å². The molecule has 112 valence electrons. The van der Waals surface area contributed by atoms with Gasteiger partial charge in [-0.15, -0.1) is 0 Å². The molecule has 5 heteroatoms. The monoisotopic (exact) mass is 286 g/mol. The molecule has 21 heavy (non-hydrogen) atoms. The van der Waals surface area contributed by atoms with Crippen molar-refractivity contribution in [2.45, 2.75) is 25.8 Å². The molecule has 0 bridgehead atoms. The van der Waals surface area contributed by atoms with Gasteiger partial charge in [0, 0.05) is 26.2 Å². The third-order valence-electron chi connectivity index (χ3n) is 4.09.